The van der Waals surface area contributed by atoms with Crippen LogP contribution in [0.3, 0.4) is 0 Å². The summed E-state index contributed by atoms with van der Waals surface area (Å²) >= 11 is 0. The van der Waals surface area contributed by atoms with E-state index in [9.17, 15) is 20.1 Å². The number of nitriles is 1. The minimum Gasteiger partial charge on any atom is -0.493 e. The quantitative estimate of drug-likeness (QED) is 0.711. The van der Waals surface area contributed by atoms with E-state index >= 15 is 0 Å². The predicted molar refractivity (Wildman–Crippen MR) is 92.3 cm³/mol. The van der Waals surface area contributed by atoms with Crippen LogP contribution in [-0.2, 0) is 0 Å². The van der Waals surface area contributed by atoms with Crippen molar-refractivity contribution >= 4 is 12.6 Å². The smallest absolute Gasteiger partial charge is 0.492 e. The van der Waals surface area contributed by atoms with Crippen LogP contribution >= 0.6 is 0 Å². The third-order valence-electron chi connectivity index (χ3n) is 3.56. The SMILES string of the molecule is CCCOc1c(B(O)O)cc(C)cc1-c1cc(C)[nH]c(=O)c1C#N. The van der Waals surface area contributed by atoms with Gasteiger partial charge in [-0.15, -0.1) is 0 Å². The molecule has 0 fully saturated rings. The highest BCUT2D eigenvalue weighted by molar-refractivity contribution is 6.60. The minimum absolute atomic E-state index is 0.0362. The van der Waals surface area contributed by atoms with Crippen molar-refractivity contribution in [1.82, 2.24) is 4.98 Å². The summed E-state index contributed by atoms with van der Waals surface area (Å²) in [6.07, 6.45) is 0.730. The molecule has 0 atom stereocenters. The summed E-state index contributed by atoms with van der Waals surface area (Å²) < 4.78 is 5.73. The van der Waals surface area contributed by atoms with Crippen molar-refractivity contribution in [3.63, 3.8) is 0 Å². The largest absolute Gasteiger partial charge is 0.493 e. The van der Waals surface area contributed by atoms with Gasteiger partial charge in [0.05, 0.1) is 6.61 Å². The van der Waals surface area contributed by atoms with Gasteiger partial charge in [0.2, 0.25) is 0 Å². The van der Waals surface area contributed by atoms with Crippen LogP contribution in [0.25, 0.3) is 11.1 Å². The first-order valence-corrected chi connectivity index (χ1v) is 7.66. The van der Waals surface area contributed by atoms with Crippen molar-refractivity contribution in [3.8, 4) is 22.9 Å². The molecule has 0 bridgehead atoms. The molecule has 1 heterocycles. The second-order valence-corrected chi connectivity index (χ2v) is 5.63. The number of nitrogens with one attached hydrogen (secondary N) is 1. The molecule has 0 saturated heterocycles. The van der Waals surface area contributed by atoms with Gasteiger partial charge in [0.25, 0.3) is 5.56 Å². The molecule has 24 heavy (non-hydrogen) atoms. The van der Waals surface area contributed by atoms with Gasteiger partial charge in [0.1, 0.15) is 17.4 Å². The summed E-state index contributed by atoms with van der Waals surface area (Å²) in [5.74, 6) is 0.277. The van der Waals surface area contributed by atoms with Gasteiger partial charge in [-0.1, -0.05) is 18.6 Å². The summed E-state index contributed by atoms with van der Waals surface area (Å²) in [5, 5.41) is 28.7. The highest BCUT2D eigenvalue weighted by atomic mass is 16.5. The number of pyridine rings is 1. The molecule has 0 spiro atoms. The van der Waals surface area contributed by atoms with Crippen molar-refractivity contribution in [2.24, 2.45) is 0 Å². The van der Waals surface area contributed by atoms with Crippen molar-refractivity contribution in [3.05, 3.63) is 45.4 Å². The first kappa shape index (κ1) is 17.8. The number of ether oxygens (including phenoxy) is 1. The third kappa shape index (κ3) is 3.50. The molecule has 0 radical (unpaired) electrons. The van der Waals surface area contributed by atoms with Gasteiger partial charge in [-0.25, -0.2) is 0 Å². The fraction of sp³-hybridized carbons (Fsp3) is 0.294. The molecule has 0 aliphatic rings. The van der Waals surface area contributed by atoms with E-state index in [1.807, 2.05) is 13.0 Å². The van der Waals surface area contributed by atoms with E-state index in [-0.39, 0.29) is 16.8 Å². The lowest BCUT2D eigenvalue weighted by atomic mass is 9.76. The summed E-state index contributed by atoms with van der Waals surface area (Å²) in [6, 6.07) is 6.98. The van der Waals surface area contributed by atoms with E-state index in [1.54, 1.807) is 32.0 Å². The maximum atomic E-state index is 12.1. The highest BCUT2D eigenvalue weighted by Gasteiger charge is 2.24. The normalized spacial score (nSPS) is 10.3. The van der Waals surface area contributed by atoms with Crippen LogP contribution in [0.1, 0.15) is 30.2 Å². The van der Waals surface area contributed by atoms with Crippen molar-refractivity contribution in [2.45, 2.75) is 27.2 Å². The molecule has 1 aromatic carbocycles. The third-order valence-corrected chi connectivity index (χ3v) is 3.56. The van der Waals surface area contributed by atoms with E-state index in [2.05, 4.69) is 4.98 Å². The number of H-pyrrole nitrogens is 1. The average molecular weight is 326 g/mol. The van der Waals surface area contributed by atoms with Crippen LogP contribution in [0.5, 0.6) is 5.75 Å². The van der Waals surface area contributed by atoms with Gasteiger partial charge < -0.3 is 19.8 Å². The summed E-state index contributed by atoms with van der Waals surface area (Å²) in [6.45, 7) is 5.82. The summed E-state index contributed by atoms with van der Waals surface area (Å²) in [4.78, 5) is 14.7. The minimum atomic E-state index is -1.72. The van der Waals surface area contributed by atoms with Crippen molar-refractivity contribution in [1.29, 1.82) is 5.26 Å². The van der Waals surface area contributed by atoms with Gasteiger partial charge in [-0.3, -0.25) is 4.79 Å². The highest BCUT2D eigenvalue weighted by Crippen LogP contribution is 2.31. The van der Waals surface area contributed by atoms with Crippen LogP contribution in [-0.4, -0.2) is 28.8 Å². The zero-order valence-corrected chi connectivity index (χ0v) is 13.9. The van der Waals surface area contributed by atoms with Gasteiger partial charge in [-0.2, -0.15) is 5.26 Å². The zero-order valence-electron chi connectivity index (χ0n) is 13.9. The Morgan fingerprint density at radius 1 is 1.25 bits per heavy atom. The standard InChI is InChI=1S/C17H19BN2O4/c1-4-5-24-16-13(6-10(2)7-15(16)18(22)23)12-8-11(3)20-17(21)14(12)9-19/h6-8,22-23H,4-5H2,1-3H3,(H,20,21). The Kier molecular flexibility index (Phi) is 5.44. The second-order valence-electron chi connectivity index (χ2n) is 5.63. The van der Waals surface area contributed by atoms with E-state index in [4.69, 9.17) is 4.74 Å². The molecule has 0 amide bonds. The van der Waals surface area contributed by atoms with Gasteiger partial charge in [0, 0.05) is 22.3 Å². The van der Waals surface area contributed by atoms with Gasteiger partial charge in [-0.05, 0) is 32.4 Å². The average Bonchev–Trinajstić information content (AvgIpc) is 2.52. The zero-order chi connectivity index (χ0) is 17.9. The maximum Gasteiger partial charge on any atom is 0.492 e. The summed E-state index contributed by atoms with van der Waals surface area (Å²) in [5.41, 5.74) is 1.96. The summed E-state index contributed by atoms with van der Waals surface area (Å²) in [7, 11) is -1.72. The lowest BCUT2D eigenvalue weighted by Crippen LogP contribution is -2.32. The van der Waals surface area contributed by atoms with Crippen molar-refractivity contribution < 1.29 is 14.8 Å². The Balaban J connectivity index is 2.84. The molecule has 2 rings (SSSR count). The van der Waals surface area contributed by atoms with Crippen LogP contribution in [0.15, 0.2) is 23.0 Å². The number of hydrogen-bond acceptors (Lipinski definition) is 5. The number of rotatable bonds is 5. The second kappa shape index (κ2) is 7.34. The Labute approximate surface area is 140 Å². The van der Waals surface area contributed by atoms with Crippen LogP contribution in [0.4, 0.5) is 0 Å². The van der Waals surface area contributed by atoms with Gasteiger partial charge in [0.15, 0.2) is 0 Å². The fourth-order valence-corrected chi connectivity index (χ4v) is 2.57. The molecule has 6 nitrogen and oxygen atoms in total. The Hall–Kier alpha value is -2.56. The molecule has 124 valence electrons. The number of aryl methyl sites for hydroxylation is 2. The molecule has 0 saturated carbocycles. The topological polar surface area (TPSA) is 106 Å². The number of hydrogen-bond donors (Lipinski definition) is 3. The lowest BCUT2D eigenvalue weighted by Gasteiger charge is -2.17. The molecule has 7 heteroatoms. The molecule has 2 aromatic rings. The lowest BCUT2D eigenvalue weighted by molar-refractivity contribution is 0.319. The van der Waals surface area contributed by atoms with Gasteiger partial charge >= 0.3 is 7.12 Å². The molecule has 3 N–H and O–H groups in total. The monoisotopic (exact) mass is 326 g/mol. The Morgan fingerprint density at radius 3 is 2.54 bits per heavy atom. The molecule has 0 unspecified atom stereocenters. The van der Waals surface area contributed by atoms with Crippen LogP contribution < -0.4 is 15.8 Å². The predicted octanol–water partition coefficient (Wildman–Crippen LogP) is 0.999. The number of benzene rings is 1. The fourth-order valence-electron chi connectivity index (χ4n) is 2.57. The first-order valence-electron chi connectivity index (χ1n) is 7.66. The van der Waals surface area contributed by atoms with E-state index < -0.39 is 12.7 Å². The molecule has 1 aromatic heterocycles. The Morgan fingerprint density at radius 2 is 1.96 bits per heavy atom. The number of aromatic nitrogens is 1. The van der Waals surface area contributed by atoms with E-state index in [1.165, 1.54) is 0 Å². The maximum absolute atomic E-state index is 12.1. The first-order chi connectivity index (χ1) is 11.4. The number of aromatic amines is 1. The molecule has 0 aliphatic carbocycles. The van der Waals surface area contributed by atoms with Crippen LogP contribution in [0.2, 0.25) is 0 Å². The molecular formula is C17H19BN2O4. The number of nitrogens with zero attached hydrogens (tertiary/aromatic N) is 1. The van der Waals surface area contributed by atoms with E-state index in [0.717, 1.165) is 12.0 Å². The molecule has 0 aliphatic heterocycles. The molecular weight excluding hydrogens is 307 g/mol. The van der Waals surface area contributed by atoms with Crippen LogP contribution in [0, 0.1) is 25.2 Å². The Bertz CT molecular complexity index is 853. The van der Waals surface area contributed by atoms with Crippen molar-refractivity contribution in [2.75, 3.05) is 6.61 Å². The van der Waals surface area contributed by atoms with E-state index in [0.29, 0.717) is 23.4 Å².